The molecule has 28 heavy (non-hydrogen) atoms. The Labute approximate surface area is 166 Å². The lowest BCUT2D eigenvalue weighted by Crippen LogP contribution is -2.48. The minimum absolute atomic E-state index is 0.0260. The molecule has 1 aromatic carbocycles. The van der Waals surface area contributed by atoms with Crippen molar-refractivity contribution in [1.82, 2.24) is 15.5 Å². The number of benzene rings is 1. The smallest absolute Gasteiger partial charge is 0.409 e. The van der Waals surface area contributed by atoms with E-state index in [1.54, 1.807) is 26.0 Å². The fourth-order valence-electron chi connectivity index (χ4n) is 3.17. The fourth-order valence-corrected chi connectivity index (χ4v) is 3.17. The zero-order valence-electron chi connectivity index (χ0n) is 17.0. The van der Waals surface area contributed by atoms with E-state index in [0.717, 1.165) is 24.8 Å². The molecule has 1 fully saturated rings. The first-order chi connectivity index (χ1) is 13.6. The maximum atomic E-state index is 12.1. The Balaban J connectivity index is 1.64. The SMILES string of the molecule is CCOC(=O)N1CCC(NC(=O)CNCCc2ccc(OC)c(OC)c2)CC1. The highest BCUT2D eigenvalue weighted by molar-refractivity contribution is 5.78. The molecule has 1 aliphatic heterocycles. The summed E-state index contributed by atoms with van der Waals surface area (Å²) >= 11 is 0. The third kappa shape index (κ3) is 6.60. The van der Waals surface area contributed by atoms with Crippen LogP contribution in [0, 0.1) is 0 Å². The number of carbonyl (C=O) groups excluding carboxylic acids is 2. The van der Waals surface area contributed by atoms with E-state index in [1.165, 1.54) is 0 Å². The monoisotopic (exact) mass is 393 g/mol. The lowest BCUT2D eigenvalue weighted by atomic mass is 10.1. The van der Waals surface area contributed by atoms with Crippen molar-refractivity contribution in [3.63, 3.8) is 0 Å². The molecule has 8 nitrogen and oxygen atoms in total. The van der Waals surface area contributed by atoms with Crippen LogP contribution in [0.4, 0.5) is 4.79 Å². The summed E-state index contributed by atoms with van der Waals surface area (Å²) in [5, 5.41) is 6.19. The molecular formula is C20H31N3O5. The van der Waals surface area contributed by atoms with Crippen molar-refractivity contribution in [2.75, 3.05) is 47.0 Å². The van der Waals surface area contributed by atoms with E-state index in [9.17, 15) is 9.59 Å². The zero-order chi connectivity index (χ0) is 20.4. The Bertz CT molecular complexity index is 645. The van der Waals surface area contributed by atoms with Crippen LogP contribution in [-0.4, -0.2) is 69.9 Å². The molecule has 1 aliphatic rings. The van der Waals surface area contributed by atoms with E-state index in [0.29, 0.717) is 37.7 Å². The first kappa shape index (κ1) is 21.8. The molecule has 2 rings (SSSR count). The molecule has 2 N–H and O–H groups in total. The van der Waals surface area contributed by atoms with Gasteiger partial charge in [-0.3, -0.25) is 4.79 Å². The molecule has 156 valence electrons. The van der Waals surface area contributed by atoms with Gasteiger partial charge < -0.3 is 29.7 Å². The maximum Gasteiger partial charge on any atom is 0.409 e. The van der Waals surface area contributed by atoms with Gasteiger partial charge in [-0.15, -0.1) is 0 Å². The summed E-state index contributed by atoms with van der Waals surface area (Å²) in [4.78, 5) is 25.5. The number of hydrogen-bond acceptors (Lipinski definition) is 6. The van der Waals surface area contributed by atoms with Crippen molar-refractivity contribution < 1.29 is 23.8 Å². The van der Waals surface area contributed by atoms with Crippen LogP contribution in [0.15, 0.2) is 18.2 Å². The number of likely N-dealkylation sites (tertiary alicyclic amines) is 1. The van der Waals surface area contributed by atoms with E-state index < -0.39 is 0 Å². The largest absolute Gasteiger partial charge is 0.493 e. The molecular weight excluding hydrogens is 362 g/mol. The van der Waals surface area contributed by atoms with Gasteiger partial charge in [-0.25, -0.2) is 4.79 Å². The van der Waals surface area contributed by atoms with Crippen molar-refractivity contribution in [1.29, 1.82) is 0 Å². The normalized spacial score (nSPS) is 14.5. The number of amides is 2. The van der Waals surface area contributed by atoms with Crippen LogP contribution in [0.2, 0.25) is 0 Å². The Morgan fingerprint density at radius 1 is 1.14 bits per heavy atom. The summed E-state index contributed by atoms with van der Waals surface area (Å²) in [6.07, 6.45) is 2.00. The zero-order valence-corrected chi connectivity index (χ0v) is 17.0. The Hall–Kier alpha value is -2.48. The molecule has 0 saturated carbocycles. The minimum Gasteiger partial charge on any atom is -0.493 e. The van der Waals surface area contributed by atoms with Crippen molar-refractivity contribution in [3.8, 4) is 11.5 Å². The summed E-state index contributed by atoms with van der Waals surface area (Å²) in [6, 6.07) is 5.91. The minimum atomic E-state index is -0.274. The van der Waals surface area contributed by atoms with Gasteiger partial charge in [0.1, 0.15) is 0 Å². The van der Waals surface area contributed by atoms with Crippen molar-refractivity contribution in [2.45, 2.75) is 32.2 Å². The standard InChI is InChI=1S/C20H31N3O5/c1-4-28-20(25)23-11-8-16(9-12-23)22-19(24)14-21-10-7-15-5-6-17(26-2)18(13-15)27-3/h5-6,13,16,21H,4,7-12,14H2,1-3H3,(H,22,24). The Kier molecular flexibility index (Phi) is 8.87. The van der Waals surface area contributed by atoms with E-state index in [2.05, 4.69) is 10.6 Å². The molecule has 0 bridgehead atoms. The number of hydrogen-bond donors (Lipinski definition) is 2. The topological polar surface area (TPSA) is 89.1 Å². The van der Waals surface area contributed by atoms with Crippen LogP contribution < -0.4 is 20.1 Å². The molecule has 0 spiro atoms. The number of carbonyl (C=O) groups is 2. The molecule has 0 aliphatic carbocycles. The summed E-state index contributed by atoms with van der Waals surface area (Å²) in [6.45, 7) is 4.34. The molecule has 0 radical (unpaired) electrons. The van der Waals surface area contributed by atoms with Gasteiger partial charge in [0, 0.05) is 19.1 Å². The van der Waals surface area contributed by atoms with Gasteiger partial charge in [-0.05, 0) is 50.4 Å². The molecule has 0 aromatic heterocycles. The van der Waals surface area contributed by atoms with Crippen LogP contribution in [0.5, 0.6) is 11.5 Å². The summed E-state index contributed by atoms with van der Waals surface area (Å²) < 4.78 is 15.5. The number of ether oxygens (including phenoxy) is 3. The lowest BCUT2D eigenvalue weighted by Gasteiger charge is -2.31. The second-order valence-corrected chi connectivity index (χ2v) is 6.64. The second kappa shape index (κ2) is 11.4. The molecule has 1 heterocycles. The number of nitrogens with zero attached hydrogens (tertiary/aromatic N) is 1. The summed E-state index contributed by atoms with van der Waals surface area (Å²) in [5.41, 5.74) is 1.11. The van der Waals surface area contributed by atoms with E-state index in [-0.39, 0.29) is 24.6 Å². The lowest BCUT2D eigenvalue weighted by molar-refractivity contribution is -0.121. The average Bonchev–Trinajstić information content (AvgIpc) is 2.71. The second-order valence-electron chi connectivity index (χ2n) is 6.64. The predicted molar refractivity (Wildman–Crippen MR) is 106 cm³/mol. The van der Waals surface area contributed by atoms with Gasteiger partial charge in [0.15, 0.2) is 11.5 Å². The van der Waals surface area contributed by atoms with Crippen LogP contribution in [0.1, 0.15) is 25.3 Å². The number of methoxy groups -OCH3 is 2. The number of piperidine rings is 1. The Morgan fingerprint density at radius 2 is 1.86 bits per heavy atom. The molecule has 2 amide bonds. The molecule has 0 atom stereocenters. The van der Waals surface area contributed by atoms with E-state index in [4.69, 9.17) is 14.2 Å². The molecule has 1 aromatic rings. The van der Waals surface area contributed by atoms with Crippen molar-refractivity contribution in [3.05, 3.63) is 23.8 Å². The third-order valence-electron chi connectivity index (χ3n) is 4.71. The van der Waals surface area contributed by atoms with Crippen molar-refractivity contribution in [2.24, 2.45) is 0 Å². The van der Waals surface area contributed by atoms with E-state index >= 15 is 0 Å². The molecule has 0 unspecified atom stereocenters. The van der Waals surface area contributed by atoms with Crippen LogP contribution in [-0.2, 0) is 16.0 Å². The molecule has 8 heteroatoms. The van der Waals surface area contributed by atoms with Gasteiger partial charge in [0.2, 0.25) is 5.91 Å². The summed E-state index contributed by atoms with van der Waals surface area (Å²) in [5.74, 6) is 1.38. The first-order valence-corrected chi connectivity index (χ1v) is 9.70. The van der Waals surface area contributed by atoms with Gasteiger partial charge in [0.25, 0.3) is 0 Å². The maximum absolute atomic E-state index is 12.1. The van der Waals surface area contributed by atoms with Crippen LogP contribution in [0.3, 0.4) is 0 Å². The quantitative estimate of drug-likeness (QED) is 0.619. The van der Waals surface area contributed by atoms with Gasteiger partial charge in [0.05, 0.1) is 27.4 Å². The summed E-state index contributed by atoms with van der Waals surface area (Å²) in [7, 11) is 3.22. The van der Waals surface area contributed by atoms with Gasteiger partial charge in [-0.1, -0.05) is 6.07 Å². The average molecular weight is 393 g/mol. The Morgan fingerprint density at radius 3 is 2.50 bits per heavy atom. The number of rotatable bonds is 9. The fraction of sp³-hybridized carbons (Fsp3) is 0.600. The van der Waals surface area contributed by atoms with Crippen molar-refractivity contribution >= 4 is 12.0 Å². The highest BCUT2D eigenvalue weighted by atomic mass is 16.6. The first-order valence-electron chi connectivity index (χ1n) is 9.70. The third-order valence-corrected chi connectivity index (χ3v) is 4.71. The van der Waals surface area contributed by atoms with Gasteiger partial charge >= 0.3 is 6.09 Å². The highest BCUT2D eigenvalue weighted by Crippen LogP contribution is 2.27. The highest BCUT2D eigenvalue weighted by Gasteiger charge is 2.24. The van der Waals surface area contributed by atoms with E-state index in [1.807, 2.05) is 18.2 Å². The predicted octanol–water partition coefficient (Wildman–Crippen LogP) is 1.57. The van der Waals surface area contributed by atoms with Crippen LogP contribution in [0.25, 0.3) is 0 Å². The van der Waals surface area contributed by atoms with Crippen LogP contribution >= 0.6 is 0 Å². The number of nitrogens with one attached hydrogen (secondary N) is 2. The van der Waals surface area contributed by atoms with Gasteiger partial charge in [-0.2, -0.15) is 0 Å². The molecule has 1 saturated heterocycles.